The van der Waals surface area contributed by atoms with E-state index in [0.29, 0.717) is 0 Å². The number of thiophene rings is 1. The number of rotatable bonds is 5. The molecule has 2 rings (SSSR count). The average molecular weight is 332 g/mol. The molecule has 0 saturated heterocycles. The van der Waals surface area contributed by atoms with Crippen LogP contribution in [0, 0.1) is 0 Å². The Balaban J connectivity index is 1.68. The van der Waals surface area contributed by atoms with E-state index in [1.54, 1.807) is 2.93 Å². The molecule has 1 heterocycles. The van der Waals surface area contributed by atoms with E-state index in [1.165, 1.54) is 4.47 Å². The first-order valence-electron chi connectivity index (χ1n) is 4.79. The van der Waals surface area contributed by atoms with E-state index in [9.17, 15) is 0 Å². The monoisotopic (exact) mass is 334 g/mol. The zero-order valence-corrected chi connectivity index (χ0v) is 11.4. The Morgan fingerprint density at radius 1 is 1.07 bits per heavy atom. The van der Waals surface area contributed by atoms with Crippen molar-refractivity contribution in [2.24, 2.45) is 0 Å². The van der Waals surface area contributed by atoms with Crippen LogP contribution in [0.4, 0.5) is 0 Å². The van der Waals surface area contributed by atoms with Crippen LogP contribution in [0.25, 0.3) is 0 Å². The third-order valence-electron chi connectivity index (χ3n) is 1.83. The topological polar surface area (TPSA) is 9.23 Å². The second-order valence-corrected chi connectivity index (χ2v) is 7.94. The van der Waals surface area contributed by atoms with Crippen LogP contribution in [0.3, 0.4) is 0 Å². The Kier molecular flexibility index (Phi) is 4.53. The fraction of sp³-hybridized carbons (Fsp3) is 0.167. The molecular formula is C12H12OSTe. The van der Waals surface area contributed by atoms with Gasteiger partial charge in [0.05, 0.1) is 0 Å². The van der Waals surface area contributed by atoms with Crippen LogP contribution in [0.2, 0.25) is 4.47 Å². The molecule has 0 amide bonds. The minimum atomic E-state index is -0.0143. The third kappa shape index (κ3) is 3.87. The quantitative estimate of drug-likeness (QED) is 0.604. The van der Waals surface area contributed by atoms with Gasteiger partial charge in [-0.25, -0.2) is 0 Å². The SMILES string of the molecule is c1ccc(OCC[Te]c2cccs2)cc1. The molecule has 78 valence electrons. The molecule has 0 saturated carbocycles. The van der Waals surface area contributed by atoms with Gasteiger partial charge in [-0.05, 0) is 0 Å². The summed E-state index contributed by atoms with van der Waals surface area (Å²) < 4.78 is 8.42. The van der Waals surface area contributed by atoms with Crippen molar-refractivity contribution in [1.29, 1.82) is 0 Å². The predicted molar refractivity (Wildman–Crippen MR) is 66.5 cm³/mol. The normalized spacial score (nSPS) is 10.1. The molecule has 0 aliphatic carbocycles. The van der Waals surface area contributed by atoms with Gasteiger partial charge < -0.3 is 0 Å². The molecule has 0 aliphatic rings. The van der Waals surface area contributed by atoms with Gasteiger partial charge in [-0.15, -0.1) is 0 Å². The first-order valence-corrected chi connectivity index (χ1v) is 8.48. The molecule has 0 unspecified atom stereocenters. The molecule has 1 aromatic carbocycles. The van der Waals surface area contributed by atoms with Gasteiger partial charge in [0.15, 0.2) is 0 Å². The van der Waals surface area contributed by atoms with Crippen molar-refractivity contribution in [3.63, 3.8) is 0 Å². The Bertz CT molecular complexity index is 372. The maximum atomic E-state index is 5.64. The van der Waals surface area contributed by atoms with Crippen LogP contribution >= 0.6 is 11.3 Å². The van der Waals surface area contributed by atoms with Crippen LogP contribution in [0.5, 0.6) is 5.75 Å². The van der Waals surface area contributed by atoms with Gasteiger partial charge in [-0.3, -0.25) is 0 Å². The van der Waals surface area contributed by atoms with Crippen molar-refractivity contribution in [2.45, 2.75) is 4.47 Å². The van der Waals surface area contributed by atoms with Crippen molar-refractivity contribution in [1.82, 2.24) is 0 Å². The van der Waals surface area contributed by atoms with Crippen molar-refractivity contribution in [3.05, 3.63) is 47.8 Å². The van der Waals surface area contributed by atoms with E-state index in [1.807, 2.05) is 41.7 Å². The molecule has 2 aromatic rings. The first kappa shape index (κ1) is 11.0. The average Bonchev–Trinajstić information content (AvgIpc) is 2.79. The molecule has 1 aromatic heterocycles. The van der Waals surface area contributed by atoms with Crippen LogP contribution in [-0.4, -0.2) is 27.5 Å². The molecule has 0 aliphatic heterocycles. The Morgan fingerprint density at radius 3 is 2.67 bits per heavy atom. The third-order valence-corrected chi connectivity index (χ3v) is 6.37. The number of hydrogen-bond acceptors (Lipinski definition) is 2. The predicted octanol–water partition coefficient (Wildman–Crippen LogP) is 2.57. The Morgan fingerprint density at radius 2 is 1.93 bits per heavy atom. The molecular weight excluding hydrogens is 320 g/mol. The summed E-state index contributed by atoms with van der Waals surface area (Å²) >= 11 is 1.86. The van der Waals surface area contributed by atoms with Gasteiger partial charge in [0.2, 0.25) is 0 Å². The second-order valence-electron chi connectivity index (χ2n) is 2.94. The summed E-state index contributed by atoms with van der Waals surface area (Å²) in [5, 5.41) is 2.15. The summed E-state index contributed by atoms with van der Waals surface area (Å²) in [5.74, 6) is 0.983. The molecule has 15 heavy (non-hydrogen) atoms. The summed E-state index contributed by atoms with van der Waals surface area (Å²) in [5.41, 5.74) is 0. The van der Waals surface area contributed by atoms with E-state index in [-0.39, 0.29) is 20.9 Å². The summed E-state index contributed by atoms with van der Waals surface area (Å²) in [6.07, 6.45) is 0. The van der Waals surface area contributed by atoms with Crippen molar-refractivity contribution < 1.29 is 4.74 Å². The standard InChI is InChI=1S/C12H12OSTe/c1-2-5-11(6-3-1)13-8-10-15-12-7-4-9-14-12/h1-7,9H,8,10H2. The van der Waals surface area contributed by atoms with Gasteiger partial charge >= 0.3 is 105 Å². The van der Waals surface area contributed by atoms with Crippen molar-refractivity contribution in [3.8, 4) is 5.75 Å². The van der Waals surface area contributed by atoms with Crippen LogP contribution in [-0.2, 0) is 0 Å². The number of benzene rings is 1. The van der Waals surface area contributed by atoms with Gasteiger partial charge in [-0.1, -0.05) is 0 Å². The summed E-state index contributed by atoms with van der Waals surface area (Å²) in [7, 11) is 0. The molecule has 0 bridgehead atoms. The van der Waals surface area contributed by atoms with Gasteiger partial charge in [0, 0.05) is 0 Å². The van der Waals surface area contributed by atoms with E-state index in [2.05, 4.69) is 17.5 Å². The van der Waals surface area contributed by atoms with E-state index in [4.69, 9.17) is 4.74 Å². The second kappa shape index (κ2) is 6.17. The number of para-hydroxylation sites is 1. The van der Waals surface area contributed by atoms with Gasteiger partial charge in [0.1, 0.15) is 0 Å². The summed E-state index contributed by atoms with van der Waals surface area (Å²) in [6.45, 7) is 0.851. The van der Waals surface area contributed by atoms with Crippen molar-refractivity contribution in [2.75, 3.05) is 6.61 Å². The van der Waals surface area contributed by atoms with Crippen molar-refractivity contribution >= 4 is 35.2 Å². The fourth-order valence-corrected chi connectivity index (χ4v) is 4.85. The minimum absolute atomic E-state index is 0.0143. The van der Waals surface area contributed by atoms with Crippen LogP contribution in [0.1, 0.15) is 0 Å². The van der Waals surface area contributed by atoms with Gasteiger partial charge in [0.25, 0.3) is 0 Å². The van der Waals surface area contributed by atoms with Crippen LogP contribution in [0.15, 0.2) is 47.8 Å². The molecule has 3 heteroatoms. The van der Waals surface area contributed by atoms with E-state index in [0.717, 1.165) is 12.4 Å². The number of hydrogen-bond donors (Lipinski definition) is 0. The van der Waals surface area contributed by atoms with Gasteiger partial charge in [-0.2, -0.15) is 0 Å². The molecule has 0 atom stereocenters. The molecule has 0 N–H and O–H groups in total. The maximum absolute atomic E-state index is 5.64. The Labute approximate surface area is 104 Å². The molecule has 0 radical (unpaired) electrons. The zero-order chi connectivity index (χ0) is 10.3. The fourth-order valence-electron chi connectivity index (χ4n) is 1.16. The molecule has 0 spiro atoms. The molecule has 0 fully saturated rings. The summed E-state index contributed by atoms with van der Waals surface area (Å²) in [6, 6.07) is 14.4. The Hall–Kier alpha value is -0.490. The number of ether oxygens (including phenoxy) is 1. The summed E-state index contributed by atoms with van der Waals surface area (Å²) in [4.78, 5) is 0. The first-order chi connectivity index (χ1) is 7.45. The van der Waals surface area contributed by atoms with E-state index >= 15 is 0 Å². The zero-order valence-electron chi connectivity index (χ0n) is 8.26. The molecule has 1 nitrogen and oxygen atoms in total. The van der Waals surface area contributed by atoms with E-state index < -0.39 is 0 Å². The van der Waals surface area contributed by atoms with Crippen LogP contribution < -0.4 is 7.66 Å².